The van der Waals surface area contributed by atoms with Crippen molar-refractivity contribution in [3.8, 4) is 5.75 Å². The number of methoxy groups -OCH3 is 1. The molecule has 1 atom stereocenters. The van der Waals surface area contributed by atoms with Crippen molar-refractivity contribution in [3.63, 3.8) is 0 Å². The molecule has 0 saturated carbocycles. The normalized spacial score (nSPS) is 19.0. The first-order valence-electron chi connectivity index (χ1n) is 10.00. The molecule has 2 N–H and O–H groups in total. The summed E-state index contributed by atoms with van der Waals surface area (Å²) in [6.45, 7) is 3.09. The van der Waals surface area contributed by atoms with Gasteiger partial charge in [-0.2, -0.15) is 0 Å². The zero-order chi connectivity index (χ0) is 20.9. The fourth-order valence-electron chi connectivity index (χ4n) is 3.60. The van der Waals surface area contributed by atoms with Crippen LogP contribution in [0.4, 0.5) is 11.4 Å². The topological polar surface area (TPSA) is 86.3 Å². The molecule has 2 amide bonds. The molecule has 2 aliphatic heterocycles. The number of piperazine rings is 1. The van der Waals surface area contributed by atoms with Gasteiger partial charge in [-0.3, -0.25) is 14.9 Å². The molecule has 0 aromatic heterocycles. The average molecular weight is 407 g/mol. The van der Waals surface area contributed by atoms with Gasteiger partial charge in [0.05, 0.1) is 13.5 Å². The molecule has 8 heteroatoms. The van der Waals surface area contributed by atoms with E-state index >= 15 is 0 Å². The second-order valence-electron chi connectivity index (χ2n) is 7.25. The number of carbonyl (C=O) groups is 2. The highest BCUT2D eigenvalue weighted by Crippen LogP contribution is 2.18. The Balaban J connectivity index is 1.39. The van der Waals surface area contributed by atoms with Gasteiger partial charge in [0.2, 0.25) is 17.8 Å². The molecule has 0 aliphatic carbocycles. The average Bonchev–Trinajstić information content (AvgIpc) is 2.80. The molecule has 1 unspecified atom stereocenters. The standard InChI is InChI=1S/C22H25N5O3/c1-30-18-9-7-16(8-10-18)23-21(29)19-15-20(28)25-22(24-19)27-13-11-26(12-14-27)17-5-3-2-4-6-17/h2-10,19H,11-15H2,1H3,(H,23,29)(H,24,25,28). The Morgan fingerprint density at radius 2 is 1.70 bits per heavy atom. The smallest absolute Gasteiger partial charge is 0.249 e. The van der Waals surface area contributed by atoms with Crippen LogP contribution in [0.5, 0.6) is 5.75 Å². The first kappa shape index (κ1) is 19.8. The SMILES string of the molecule is COc1ccc(NC(=O)C2CC(=O)NC(N3CCN(c4ccccc4)CC3)=N2)cc1. The monoisotopic (exact) mass is 407 g/mol. The van der Waals surface area contributed by atoms with E-state index in [-0.39, 0.29) is 18.2 Å². The van der Waals surface area contributed by atoms with Crippen LogP contribution in [-0.4, -0.2) is 62.0 Å². The third-order valence-corrected chi connectivity index (χ3v) is 5.27. The molecule has 156 valence electrons. The molecule has 8 nitrogen and oxygen atoms in total. The fourth-order valence-corrected chi connectivity index (χ4v) is 3.60. The zero-order valence-corrected chi connectivity index (χ0v) is 16.9. The summed E-state index contributed by atoms with van der Waals surface area (Å²) in [7, 11) is 1.59. The van der Waals surface area contributed by atoms with Crippen LogP contribution in [0.1, 0.15) is 6.42 Å². The van der Waals surface area contributed by atoms with Crippen LogP contribution in [0.2, 0.25) is 0 Å². The summed E-state index contributed by atoms with van der Waals surface area (Å²) in [5.74, 6) is 0.699. The van der Waals surface area contributed by atoms with Crippen LogP contribution in [0, 0.1) is 0 Å². The minimum atomic E-state index is -0.747. The number of para-hydroxylation sites is 1. The predicted molar refractivity (Wildman–Crippen MR) is 116 cm³/mol. The van der Waals surface area contributed by atoms with Crippen LogP contribution in [0.15, 0.2) is 59.6 Å². The van der Waals surface area contributed by atoms with Gasteiger partial charge >= 0.3 is 0 Å². The van der Waals surface area contributed by atoms with Crippen LogP contribution in [0.25, 0.3) is 0 Å². The Kier molecular flexibility index (Phi) is 5.83. The van der Waals surface area contributed by atoms with Crippen molar-refractivity contribution in [2.24, 2.45) is 4.99 Å². The van der Waals surface area contributed by atoms with Crippen molar-refractivity contribution in [1.29, 1.82) is 0 Å². The Labute approximate surface area is 175 Å². The summed E-state index contributed by atoms with van der Waals surface area (Å²) in [6, 6.07) is 16.5. The lowest BCUT2D eigenvalue weighted by Gasteiger charge is -2.38. The summed E-state index contributed by atoms with van der Waals surface area (Å²) in [5, 5.41) is 5.65. The van der Waals surface area contributed by atoms with E-state index in [4.69, 9.17) is 4.74 Å². The lowest BCUT2D eigenvalue weighted by atomic mass is 10.1. The van der Waals surface area contributed by atoms with E-state index in [0.29, 0.717) is 17.4 Å². The van der Waals surface area contributed by atoms with Crippen molar-refractivity contribution in [2.45, 2.75) is 12.5 Å². The highest BCUT2D eigenvalue weighted by Gasteiger charge is 2.30. The number of rotatable bonds is 4. The van der Waals surface area contributed by atoms with Crippen LogP contribution in [-0.2, 0) is 9.59 Å². The molecule has 0 radical (unpaired) electrons. The van der Waals surface area contributed by atoms with E-state index in [9.17, 15) is 9.59 Å². The van der Waals surface area contributed by atoms with E-state index in [1.165, 1.54) is 5.69 Å². The van der Waals surface area contributed by atoms with E-state index in [2.05, 4.69) is 32.7 Å². The van der Waals surface area contributed by atoms with Crippen molar-refractivity contribution in [1.82, 2.24) is 10.2 Å². The van der Waals surface area contributed by atoms with Crippen molar-refractivity contribution in [2.75, 3.05) is 43.5 Å². The van der Waals surface area contributed by atoms with E-state index < -0.39 is 6.04 Å². The maximum atomic E-state index is 12.7. The number of anilines is 2. The number of nitrogens with one attached hydrogen (secondary N) is 2. The summed E-state index contributed by atoms with van der Waals surface area (Å²) >= 11 is 0. The summed E-state index contributed by atoms with van der Waals surface area (Å²) in [6.07, 6.45) is 0.0372. The maximum absolute atomic E-state index is 12.7. The Morgan fingerprint density at radius 1 is 1.03 bits per heavy atom. The van der Waals surface area contributed by atoms with Gasteiger partial charge in [-0.05, 0) is 36.4 Å². The lowest BCUT2D eigenvalue weighted by Crippen LogP contribution is -2.56. The predicted octanol–water partition coefficient (Wildman–Crippen LogP) is 1.70. The molecule has 2 heterocycles. The third-order valence-electron chi connectivity index (χ3n) is 5.27. The largest absolute Gasteiger partial charge is 0.497 e. The zero-order valence-electron chi connectivity index (χ0n) is 16.9. The van der Waals surface area contributed by atoms with Gasteiger partial charge in [0, 0.05) is 37.6 Å². The number of hydrogen-bond donors (Lipinski definition) is 2. The van der Waals surface area contributed by atoms with Crippen molar-refractivity contribution < 1.29 is 14.3 Å². The minimum absolute atomic E-state index is 0.0372. The number of hydrogen-bond acceptors (Lipinski definition) is 6. The molecule has 0 bridgehead atoms. The highest BCUT2D eigenvalue weighted by molar-refractivity contribution is 6.06. The van der Waals surface area contributed by atoms with Gasteiger partial charge in [0.15, 0.2) is 0 Å². The number of carbonyl (C=O) groups excluding carboxylic acids is 2. The molecule has 4 rings (SSSR count). The Morgan fingerprint density at radius 3 is 2.37 bits per heavy atom. The Bertz CT molecular complexity index is 922. The van der Waals surface area contributed by atoms with Gasteiger partial charge in [-0.25, -0.2) is 4.99 Å². The number of nitrogens with zero attached hydrogens (tertiary/aromatic N) is 3. The molecule has 2 aliphatic rings. The molecule has 2 aromatic carbocycles. The van der Waals surface area contributed by atoms with Crippen LogP contribution >= 0.6 is 0 Å². The highest BCUT2D eigenvalue weighted by atomic mass is 16.5. The van der Waals surface area contributed by atoms with Crippen LogP contribution in [0.3, 0.4) is 0 Å². The fraction of sp³-hybridized carbons (Fsp3) is 0.318. The van der Waals surface area contributed by atoms with Gasteiger partial charge in [0.1, 0.15) is 11.8 Å². The number of amides is 2. The lowest BCUT2D eigenvalue weighted by molar-refractivity contribution is -0.125. The number of ether oxygens (including phenoxy) is 1. The van der Waals surface area contributed by atoms with Gasteiger partial charge in [-0.15, -0.1) is 0 Å². The van der Waals surface area contributed by atoms with Gasteiger partial charge in [0.25, 0.3) is 0 Å². The second kappa shape index (κ2) is 8.86. The van der Waals surface area contributed by atoms with Gasteiger partial charge in [-0.1, -0.05) is 18.2 Å². The van der Waals surface area contributed by atoms with Gasteiger partial charge < -0.3 is 19.9 Å². The summed E-state index contributed by atoms with van der Waals surface area (Å²) < 4.78 is 5.13. The molecule has 1 fully saturated rings. The second-order valence-corrected chi connectivity index (χ2v) is 7.25. The molecular weight excluding hydrogens is 382 g/mol. The first-order valence-corrected chi connectivity index (χ1v) is 10.00. The molecular formula is C22H25N5O3. The number of aliphatic imine (C=N–C) groups is 1. The van der Waals surface area contributed by atoms with E-state index in [0.717, 1.165) is 26.2 Å². The number of benzene rings is 2. The minimum Gasteiger partial charge on any atom is -0.497 e. The quantitative estimate of drug-likeness (QED) is 0.806. The van der Waals surface area contributed by atoms with E-state index in [1.54, 1.807) is 31.4 Å². The molecule has 1 saturated heterocycles. The van der Waals surface area contributed by atoms with Crippen LogP contribution < -0.4 is 20.3 Å². The van der Waals surface area contributed by atoms with Crippen molar-refractivity contribution in [3.05, 3.63) is 54.6 Å². The molecule has 0 spiro atoms. The summed E-state index contributed by atoms with van der Waals surface area (Å²) in [4.78, 5) is 33.8. The maximum Gasteiger partial charge on any atom is 0.249 e. The number of guanidine groups is 1. The molecule has 2 aromatic rings. The van der Waals surface area contributed by atoms with Crippen molar-refractivity contribution >= 4 is 29.1 Å². The first-order chi connectivity index (χ1) is 14.6. The van der Waals surface area contributed by atoms with E-state index in [1.807, 2.05) is 23.1 Å². The third kappa shape index (κ3) is 4.53. The summed E-state index contributed by atoms with van der Waals surface area (Å²) in [5.41, 5.74) is 1.82. The molecule has 30 heavy (non-hydrogen) atoms. The Hall–Kier alpha value is -3.55.